The zero-order valence-corrected chi connectivity index (χ0v) is 14.8. The topological polar surface area (TPSA) is 57.7 Å². The maximum absolute atomic E-state index is 12.2. The predicted octanol–water partition coefficient (Wildman–Crippen LogP) is 1.26. The Bertz CT molecular complexity index is 530. The van der Waals surface area contributed by atoms with Gasteiger partial charge in [0.2, 0.25) is 5.91 Å². The highest BCUT2D eigenvalue weighted by Crippen LogP contribution is 2.24. The molecule has 1 atom stereocenters. The summed E-state index contributed by atoms with van der Waals surface area (Å²) in [6, 6.07) is 0.665. The van der Waals surface area contributed by atoms with E-state index in [1.165, 1.54) is 0 Å². The zero-order chi connectivity index (χ0) is 16.2. The number of hydrogen-bond donors (Lipinski definition) is 1. The van der Waals surface area contributed by atoms with Crippen molar-refractivity contribution in [2.24, 2.45) is 0 Å². The molecule has 0 unspecified atom stereocenters. The lowest BCUT2D eigenvalue weighted by molar-refractivity contribution is -0.123. The molecule has 1 N–H and O–H groups in total. The molecule has 1 aromatic heterocycles. The number of thiazole rings is 1. The van der Waals surface area contributed by atoms with Gasteiger partial charge in [-0.05, 0) is 26.7 Å². The van der Waals surface area contributed by atoms with Crippen LogP contribution in [-0.4, -0.2) is 67.3 Å². The summed E-state index contributed by atoms with van der Waals surface area (Å²) in [5.41, 5.74) is 1.08. The van der Waals surface area contributed by atoms with Crippen LogP contribution >= 0.6 is 11.3 Å². The van der Waals surface area contributed by atoms with Gasteiger partial charge in [0.25, 0.3) is 0 Å². The lowest BCUT2D eigenvalue weighted by atomic mass is 10.1. The third-order valence-electron chi connectivity index (χ3n) is 4.52. The SMILES string of the molecule is Cc1csc(N2CCN(CC(=O)NC3CCOCC3)C[C@H]2C)n1. The van der Waals surface area contributed by atoms with Gasteiger partial charge < -0.3 is 15.0 Å². The van der Waals surface area contributed by atoms with Crippen molar-refractivity contribution in [3.63, 3.8) is 0 Å². The van der Waals surface area contributed by atoms with E-state index in [9.17, 15) is 4.79 Å². The van der Waals surface area contributed by atoms with E-state index in [4.69, 9.17) is 4.74 Å². The average Bonchev–Trinajstić information content (AvgIpc) is 2.94. The maximum atomic E-state index is 12.2. The second-order valence-corrected chi connectivity index (χ2v) is 7.34. The van der Waals surface area contributed by atoms with Gasteiger partial charge in [0.05, 0.1) is 12.2 Å². The van der Waals surface area contributed by atoms with Crippen molar-refractivity contribution in [1.82, 2.24) is 15.2 Å². The Morgan fingerprint density at radius 3 is 2.87 bits per heavy atom. The third kappa shape index (κ3) is 4.43. The zero-order valence-electron chi connectivity index (χ0n) is 14.0. The normalized spacial score (nSPS) is 23.9. The molecule has 2 fully saturated rings. The number of amides is 1. The van der Waals surface area contributed by atoms with Crippen molar-refractivity contribution in [2.45, 2.75) is 38.8 Å². The van der Waals surface area contributed by atoms with Crippen molar-refractivity contribution in [3.05, 3.63) is 11.1 Å². The number of rotatable bonds is 4. The molecule has 7 heteroatoms. The van der Waals surface area contributed by atoms with Crippen LogP contribution in [0.5, 0.6) is 0 Å². The lowest BCUT2D eigenvalue weighted by Gasteiger charge is -2.39. The Balaban J connectivity index is 1.46. The van der Waals surface area contributed by atoms with Gasteiger partial charge in [-0.25, -0.2) is 4.98 Å². The van der Waals surface area contributed by atoms with Gasteiger partial charge in [-0.1, -0.05) is 0 Å². The number of anilines is 1. The molecule has 128 valence electrons. The number of carbonyl (C=O) groups excluding carboxylic acids is 1. The van der Waals surface area contributed by atoms with Crippen molar-refractivity contribution in [1.29, 1.82) is 0 Å². The molecule has 2 saturated heterocycles. The highest BCUT2D eigenvalue weighted by Gasteiger charge is 2.27. The Labute approximate surface area is 141 Å². The molecule has 0 saturated carbocycles. The van der Waals surface area contributed by atoms with Gasteiger partial charge in [0, 0.05) is 50.3 Å². The molecule has 0 aliphatic carbocycles. The van der Waals surface area contributed by atoms with E-state index in [1.54, 1.807) is 11.3 Å². The number of nitrogens with zero attached hydrogens (tertiary/aromatic N) is 3. The summed E-state index contributed by atoms with van der Waals surface area (Å²) in [6.45, 7) is 8.98. The van der Waals surface area contributed by atoms with E-state index in [0.29, 0.717) is 12.6 Å². The van der Waals surface area contributed by atoms with Crippen molar-refractivity contribution in [3.8, 4) is 0 Å². The van der Waals surface area contributed by atoms with E-state index in [1.807, 2.05) is 6.92 Å². The molecule has 6 nitrogen and oxygen atoms in total. The molecule has 23 heavy (non-hydrogen) atoms. The van der Waals surface area contributed by atoms with Crippen LogP contribution in [0.15, 0.2) is 5.38 Å². The maximum Gasteiger partial charge on any atom is 0.234 e. The highest BCUT2D eigenvalue weighted by atomic mass is 32.1. The molecule has 2 aliphatic rings. The average molecular weight is 338 g/mol. The number of ether oxygens (including phenoxy) is 1. The fraction of sp³-hybridized carbons (Fsp3) is 0.750. The van der Waals surface area contributed by atoms with E-state index >= 15 is 0 Å². The van der Waals surface area contributed by atoms with Gasteiger partial charge in [0.15, 0.2) is 5.13 Å². The van der Waals surface area contributed by atoms with Crippen molar-refractivity contribution in [2.75, 3.05) is 44.3 Å². The summed E-state index contributed by atoms with van der Waals surface area (Å²) in [5.74, 6) is 0.141. The molecular weight excluding hydrogens is 312 g/mol. The Morgan fingerprint density at radius 1 is 1.43 bits per heavy atom. The van der Waals surface area contributed by atoms with E-state index in [0.717, 1.165) is 56.5 Å². The first-order valence-electron chi connectivity index (χ1n) is 8.40. The number of hydrogen-bond acceptors (Lipinski definition) is 6. The third-order valence-corrected chi connectivity index (χ3v) is 5.51. The first-order chi connectivity index (χ1) is 11.1. The first-order valence-corrected chi connectivity index (χ1v) is 9.28. The molecule has 3 rings (SSSR count). The molecule has 0 bridgehead atoms. The Kier molecular flexibility index (Phi) is 5.50. The van der Waals surface area contributed by atoms with Crippen LogP contribution < -0.4 is 10.2 Å². The number of aryl methyl sites for hydroxylation is 1. The second kappa shape index (κ2) is 7.59. The minimum Gasteiger partial charge on any atom is -0.381 e. The molecule has 0 radical (unpaired) electrons. The van der Waals surface area contributed by atoms with E-state index < -0.39 is 0 Å². The van der Waals surface area contributed by atoms with Gasteiger partial charge in [0.1, 0.15) is 0 Å². The summed E-state index contributed by atoms with van der Waals surface area (Å²) in [6.07, 6.45) is 1.86. The van der Waals surface area contributed by atoms with E-state index in [-0.39, 0.29) is 11.9 Å². The number of carbonyl (C=O) groups is 1. The minimum atomic E-state index is 0.141. The van der Waals surface area contributed by atoms with Crippen LogP contribution in [-0.2, 0) is 9.53 Å². The molecule has 2 aliphatic heterocycles. The van der Waals surface area contributed by atoms with Crippen LogP contribution in [0.2, 0.25) is 0 Å². The van der Waals surface area contributed by atoms with Crippen molar-refractivity contribution < 1.29 is 9.53 Å². The Morgan fingerprint density at radius 2 is 2.22 bits per heavy atom. The highest BCUT2D eigenvalue weighted by molar-refractivity contribution is 7.13. The first kappa shape index (κ1) is 16.7. The lowest BCUT2D eigenvalue weighted by Crippen LogP contribution is -2.54. The van der Waals surface area contributed by atoms with Crippen LogP contribution in [0, 0.1) is 6.92 Å². The summed E-state index contributed by atoms with van der Waals surface area (Å²) in [4.78, 5) is 21.4. The summed E-state index contributed by atoms with van der Waals surface area (Å²) >= 11 is 1.70. The quantitative estimate of drug-likeness (QED) is 0.896. The molecule has 3 heterocycles. The minimum absolute atomic E-state index is 0.141. The standard InChI is InChI=1S/C16H26N4O2S/c1-12-11-23-16(17-12)20-6-5-19(9-13(20)2)10-15(21)18-14-3-7-22-8-4-14/h11,13-14H,3-10H2,1-2H3,(H,18,21)/t13-/m1/s1. The number of aromatic nitrogens is 1. The van der Waals surface area contributed by atoms with E-state index in [2.05, 4.69) is 32.4 Å². The molecule has 1 aromatic rings. The van der Waals surface area contributed by atoms with Crippen LogP contribution in [0.3, 0.4) is 0 Å². The van der Waals surface area contributed by atoms with Gasteiger partial charge in [-0.15, -0.1) is 11.3 Å². The smallest absolute Gasteiger partial charge is 0.234 e. The summed E-state index contributed by atoms with van der Waals surface area (Å²) < 4.78 is 5.33. The fourth-order valence-corrected chi connectivity index (χ4v) is 4.18. The number of piperazine rings is 1. The largest absolute Gasteiger partial charge is 0.381 e. The Hall–Kier alpha value is -1.18. The van der Waals surface area contributed by atoms with Gasteiger partial charge >= 0.3 is 0 Å². The summed E-state index contributed by atoms with van der Waals surface area (Å²) in [5, 5.41) is 6.33. The van der Waals surface area contributed by atoms with Crippen LogP contribution in [0.25, 0.3) is 0 Å². The number of nitrogens with one attached hydrogen (secondary N) is 1. The fourth-order valence-electron chi connectivity index (χ4n) is 3.25. The van der Waals surface area contributed by atoms with Crippen LogP contribution in [0.1, 0.15) is 25.5 Å². The van der Waals surface area contributed by atoms with Crippen LogP contribution in [0.4, 0.5) is 5.13 Å². The molecular formula is C16H26N4O2S. The second-order valence-electron chi connectivity index (χ2n) is 6.50. The molecule has 1 amide bonds. The van der Waals surface area contributed by atoms with Crippen molar-refractivity contribution >= 4 is 22.4 Å². The predicted molar refractivity (Wildman–Crippen MR) is 92.1 cm³/mol. The monoisotopic (exact) mass is 338 g/mol. The van der Waals surface area contributed by atoms with Gasteiger partial charge in [-0.2, -0.15) is 0 Å². The van der Waals surface area contributed by atoms with Gasteiger partial charge in [-0.3, -0.25) is 9.69 Å². The molecule has 0 aromatic carbocycles. The molecule has 0 spiro atoms. The summed E-state index contributed by atoms with van der Waals surface area (Å²) in [7, 11) is 0.